The number of rotatable bonds is 4. The summed E-state index contributed by atoms with van der Waals surface area (Å²) in [5.74, 6) is 0. The van der Waals surface area contributed by atoms with Gasteiger partial charge in [0.15, 0.2) is 0 Å². The van der Waals surface area contributed by atoms with Crippen molar-refractivity contribution < 1.29 is 9.53 Å². The van der Waals surface area contributed by atoms with Crippen LogP contribution in [0.5, 0.6) is 0 Å². The third kappa shape index (κ3) is 6.67. The number of amides is 1. The third-order valence-electron chi connectivity index (χ3n) is 4.25. The van der Waals surface area contributed by atoms with E-state index >= 15 is 0 Å². The molecule has 1 aliphatic rings. The first kappa shape index (κ1) is 19.7. The zero-order valence-electron chi connectivity index (χ0n) is 16.4. The number of hydrogen-bond acceptors (Lipinski definition) is 4. The Labute approximate surface area is 152 Å². The van der Waals surface area contributed by atoms with Gasteiger partial charge in [-0.25, -0.2) is 4.79 Å². The number of benzene rings is 1. The Morgan fingerprint density at radius 1 is 1.24 bits per heavy atom. The summed E-state index contributed by atoms with van der Waals surface area (Å²) in [6.45, 7) is 15.1. The molecule has 1 heterocycles. The van der Waals surface area contributed by atoms with Crippen molar-refractivity contribution in [3.63, 3.8) is 0 Å². The van der Waals surface area contributed by atoms with E-state index in [4.69, 9.17) is 4.74 Å². The molecule has 5 nitrogen and oxygen atoms in total. The van der Waals surface area contributed by atoms with Crippen molar-refractivity contribution >= 4 is 6.09 Å². The van der Waals surface area contributed by atoms with Gasteiger partial charge in [0.1, 0.15) is 5.60 Å². The number of alkyl carbamates (subject to hydrolysis) is 1. The van der Waals surface area contributed by atoms with E-state index in [1.165, 1.54) is 5.56 Å². The van der Waals surface area contributed by atoms with Gasteiger partial charge in [-0.3, -0.25) is 4.90 Å². The fraction of sp³-hybridized carbons (Fsp3) is 0.650. The van der Waals surface area contributed by atoms with Crippen molar-refractivity contribution in [1.29, 1.82) is 0 Å². The maximum Gasteiger partial charge on any atom is 0.408 e. The highest BCUT2D eigenvalue weighted by molar-refractivity contribution is 5.68. The molecule has 0 spiro atoms. The molecule has 1 aromatic rings. The standard InChI is InChI=1S/C20H33N3O2/c1-14-11-23(12-15(2)21-14)13-17-7-9-18(10-8-17)16(3)22-19(24)25-20(4,5)6/h7-10,14-16,21H,11-13H2,1-6H3,(H,22,24)/t14-,15-,16-/m0/s1. The van der Waals surface area contributed by atoms with Gasteiger partial charge >= 0.3 is 6.09 Å². The number of piperazine rings is 1. The summed E-state index contributed by atoms with van der Waals surface area (Å²) in [6, 6.07) is 9.46. The van der Waals surface area contributed by atoms with Crippen LogP contribution in [0.2, 0.25) is 0 Å². The Hall–Kier alpha value is -1.59. The average Bonchev–Trinajstić information content (AvgIpc) is 2.44. The minimum atomic E-state index is -0.481. The summed E-state index contributed by atoms with van der Waals surface area (Å²) in [7, 11) is 0. The molecule has 3 atom stereocenters. The highest BCUT2D eigenvalue weighted by Gasteiger charge is 2.21. The fourth-order valence-electron chi connectivity index (χ4n) is 3.31. The molecule has 0 unspecified atom stereocenters. The molecule has 1 aliphatic heterocycles. The Morgan fingerprint density at radius 3 is 2.32 bits per heavy atom. The van der Waals surface area contributed by atoms with Crippen LogP contribution in [0, 0.1) is 0 Å². The topological polar surface area (TPSA) is 53.6 Å². The van der Waals surface area contributed by atoms with Crippen LogP contribution in [-0.2, 0) is 11.3 Å². The van der Waals surface area contributed by atoms with Gasteiger partial charge in [-0.1, -0.05) is 24.3 Å². The van der Waals surface area contributed by atoms with Gasteiger partial charge in [0, 0.05) is 31.7 Å². The van der Waals surface area contributed by atoms with Crippen molar-refractivity contribution in [2.24, 2.45) is 0 Å². The molecule has 0 bridgehead atoms. The molecule has 25 heavy (non-hydrogen) atoms. The zero-order chi connectivity index (χ0) is 18.6. The Morgan fingerprint density at radius 2 is 1.80 bits per heavy atom. The maximum atomic E-state index is 11.9. The van der Waals surface area contributed by atoms with E-state index in [2.05, 4.69) is 53.6 Å². The lowest BCUT2D eigenvalue weighted by Crippen LogP contribution is -2.53. The van der Waals surface area contributed by atoms with Crippen molar-refractivity contribution in [1.82, 2.24) is 15.5 Å². The van der Waals surface area contributed by atoms with Crippen LogP contribution in [0.25, 0.3) is 0 Å². The predicted molar refractivity (Wildman–Crippen MR) is 102 cm³/mol. The predicted octanol–water partition coefficient (Wildman–Crippen LogP) is 3.45. The third-order valence-corrected chi connectivity index (χ3v) is 4.25. The van der Waals surface area contributed by atoms with Crippen molar-refractivity contribution in [2.45, 2.75) is 71.8 Å². The number of hydrogen-bond donors (Lipinski definition) is 2. The van der Waals surface area contributed by atoms with Crippen LogP contribution in [0.3, 0.4) is 0 Å². The largest absolute Gasteiger partial charge is 0.444 e. The van der Waals surface area contributed by atoms with Crippen LogP contribution in [0.15, 0.2) is 24.3 Å². The number of nitrogens with zero attached hydrogens (tertiary/aromatic N) is 1. The number of nitrogens with one attached hydrogen (secondary N) is 2. The number of ether oxygens (including phenoxy) is 1. The second kappa shape index (κ2) is 8.19. The summed E-state index contributed by atoms with van der Waals surface area (Å²) in [4.78, 5) is 14.4. The smallest absolute Gasteiger partial charge is 0.408 e. The molecular weight excluding hydrogens is 314 g/mol. The van der Waals surface area contributed by atoms with Gasteiger partial charge in [0.05, 0.1) is 6.04 Å². The normalized spacial score (nSPS) is 23.1. The second-order valence-electron chi connectivity index (χ2n) is 8.27. The van der Waals surface area contributed by atoms with Crippen LogP contribution in [-0.4, -0.2) is 41.8 Å². The SMILES string of the molecule is C[C@H](NC(=O)OC(C)(C)C)c1ccc(CN2C[C@H](C)N[C@@H](C)C2)cc1. The zero-order valence-corrected chi connectivity index (χ0v) is 16.4. The molecular formula is C20H33N3O2. The molecule has 2 rings (SSSR count). The summed E-state index contributed by atoms with van der Waals surface area (Å²) in [5, 5.41) is 6.44. The van der Waals surface area contributed by atoms with Gasteiger partial charge in [-0.05, 0) is 52.7 Å². The van der Waals surface area contributed by atoms with E-state index in [0.29, 0.717) is 12.1 Å². The Balaban J connectivity index is 1.89. The molecule has 1 aromatic carbocycles. The number of carbonyl (C=O) groups excluding carboxylic acids is 1. The molecule has 0 aromatic heterocycles. The molecule has 0 radical (unpaired) electrons. The van der Waals surface area contributed by atoms with E-state index < -0.39 is 5.60 Å². The molecule has 2 N–H and O–H groups in total. The van der Waals surface area contributed by atoms with Gasteiger partial charge in [-0.15, -0.1) is 0 Å². The number of carbonyl (C=O) groups is 1. The molecule has 0 saturated carbocycles. The first-order chi connectivity index (χ1) is 11.6. The summed E-state index contributed by atoms with van der Waals surface area (Å²) in [5.41, 5.74) is 1.90. The monoisotopic (exact) mass is 347 g/mol. The minimum Gasteiger partial charge on any atom is -0.444 e. The Bertz CT molecular complexity index is 555. The van der Waals surface area contributed by atoms with E-state index in [0.717, 1.165) is 25.2 Å². The molecule has 0 aliphatic carbocycles. The highest BCUT2D eigenvalue weighted by Crippen LogP contribution is 2.17. The summed E-state index contributed by atoms with van der Waals surface area (Å²) >= 11 is 0. The lowest BCUT2D eigenvalue weighted by Gasteiger charge is -2.36. The van der Waals surface area contributed by atoms with Crippen LogP contribution >= 0.6 is 0 Å². The molecule has 1 amide bonds. The summed E-state index contributed by atoms with van der Waals surface area (Å²) < 4.78 is 5.31. The maximum absolute atomic E-state index is 11.9. The molecule has 1 saturated heterocycles. The first-order valence-corrected chi connectivity index (χ1v) is 9.19. The van der Waals surface area contributed by atoms with Crippen LogP contribution in [0.1, 0.15) is 58.7 Å². The van der Waals surface area contributed by atoms with Gasteiger partial charge in [0.2, 0.25) is 0 Å². The van der Waals surface area contributed by atoms with Gasteiger partial charge < -0.3 is 15.4 Å². The molecule has 5 heteroatoms. The minimum absolute atomic E-state index is 0.0804. The lowest BCUT2D eigenvalue weighted by atomic mass is 10.0. The van der Waals surface area contributed by atoms with Crippen molar-refractivity contribution in [3.8, 4) is 0 Å². The second-order valence-corrected chi connectivity index (χ2v) is 8.27. The highest BCUT2D eigenvalue weighted by atomic mass is 16.6. The average molecular weight is 348 g/mol. The summed E-state index contributed by atoms with van der Waals surface area (Å²) in [6.07, 6.45) is -0.382. The van der Waals surface area contributed by atoms with Gasteiger partial charge in [0.25, 0.3) is 0 Å². The van der Waals surface area contributed by atoms with Crippen LogP contribution in [0.4, 0.5) is 4.79 Å². The van der Waals surface area contributed by atoms with E-state index in [-0.39, 0.29) is 12.1 Å². The molecule has 140 valence electrons. The fourth-order valence-corrected chi connectivity index (χ4v) is 3.31. The first-order valence-electron chi connectivity index (χ1n) is 9.19. The van der Waals surface area contributed by atoms with E-state index in [9.17, 15) is 4.79 Å². The van der Waals surface area contributed by atoms with Crippen LogP contribution < -0.4 is 10.6 Å². The van der Waals surface area contributed by atoms with Gasteiger partial charge in [-0.2, -0.15) is 0 Å². The van der Waals surface area contributed by atoms with Crippen molar-refractivity contribution in [2.75, 3.05) is 13.1 Å². The quantitative estimate of drug-likeness (QED) is 0.876. The van der Waals surface area contributed by atoms with E-state index in [1.54, 1.807) is 0 Å². The Kier molecular flexibility index (Phi) is 6.47. The molecule has 1 fully saturated rings. The van der Waals surface area contributed by atoms with Crippen molar-refractivity contribution in [3.05, 3.63) is 35.4 Å². The lowest BCUT2D eigenvalue weighted by molar-refractivity contribution is 0.0508. The van der Waals surface area contributed by atoms with E-state index in [1.807, 2.05) is 27.7 Å².